The van der Waals surface area contributed by atoms with Crippen molar-refractivity contribution >= 4 is 11.7 Å². The van der Waals surface area contributed by atoms with Crippen molar-refractivity contribution in [2.45, 2.75) is 64.3 Å². The summed E-state index contributed by atoms with van der Waals surface area (Å²) in [6.45, 7) is 3.52. The molecule has 134 valence electrons. The van der Waals surface area contributed by atoms with Gasteiger partial charge in [-0.05, 0) is 43.9 Å². The van der Waals surface area contributed by atoms with Crippen molar-refractivity contribution < 1.29 is 4.79 Å². The van der Waals surface area contributed by atoms with Gasteiger partial charge in [0.05, 0.1) is 0 Å². The van der Waals surface area contributed by atoms with Crippen LogP contribution in [0.5, 0.6) is 0 Å². The monoisotopic (exact) mass is 332 g/mol. The lowest BCUT2D eigenvalue weighted by Gasteiger charge is -2.21. The lowest BCUT2D eigenvalue weighted by molar-refractivity contribution is -0.121. The van der Waals surface area contributed by atoms with Crippen LogP contribution < -0.4 is 16.0 Å². The van der Waals surface area contributed by atoms with Gasteiger partial charge in [-0.2, -0.15) is 0 Å². The third kappa shape index (κ3) is 6.87. The number of nitrogens with one attached hydrogen (secondary N) is 1. The Morgan fingerprint density at radius 3 is 2.50 bits per heavy atom. The number of unbranched alkanes of at least 4 members (excludes halogenated alkanes) is 3. The van der Waals surface area contributed by atoms with E-state index in [1.54, 1.807) is 0 Å². The molecule has 5 heteroatoms. The molecule has 1 aliphatic rings. The zero-order valence-electron chi connectivity index (χ0n) is 14.8. The maximum Gasteiger partial charge on any atom is 0.220 e. The number of rotatable bonds is 9. The van der Waals surface area contributed by atoms with E-state index in [-0.39, 0.29) is 5.91 Å². The molecule has 0 aliphatic carbocycles. The lowest BCUT2D eigenvalue weighted by atomic mass is 10.1. The predicted molar refractivity (Wildman–Crippen MR) is 98.9 cm³/mol. The molecule has 0 spiro atoms. The van der Waals surface area contributed by atoms with Gasteiger partial charge in [-0.3, -0.25) is 4.79 Å². The zero-order chi connectivity index (χ0) is 17.0. The summed E-state index contributed by atoms with van der Waals surface area (Å²) in [5, 5.41) is 2.98. The molecule has 0 saturated carbocycles. The van der Waals surface area contributed by atoms with Gasteiger partial charge in [0, 0.05) is 32.3 Å². The van der Waals surface area contributed by atoms with Gasteiger partial charge in [0.1, 0.15) is 5.82 Å². The van der Waals surface area contributed by atoms with Crippen LogP contribution >= 0.6 is 0 Å². The van der Waals surface area contributed by atoms with Crippen LogP contribution in [0.15, 0.2) is 18.3 Å². The third-order valence-corrected chi connectivity index (χ3v) is 4.59. The highest BCUT2D eigenvalue weighted by atomic mass is 16.1. The summed E-state index contributed by atoms with van der Waals surface area (Å²) in [7, 11) is 0. The first kappa shape index (κ1) is 18.7. The SMILES string of the molecule is NCCCCCCC(=O)NCc1ccc(N2CCCCCC2)nc1. The molecule has 0 atom stereocenters. The molecular formula is C19H32N4O. The highest BCUT2D eigenvalue weighted by Gasteiger charge is 2.10. The minimum Gasteiger partial charge on any atom is -0.357 e. The largest absolute Gasteiger partial charge is 0.357 e. The molecule has 2 heterocycles. The number of hydrogen-bond donors (Lipinski definition) is 2. The summed E-state index contributed by atoms with van der Waals surface area (Å²) < 4.78 is 0. The number of pyridine rings is 1. The second-order valence-corrected chi connectivity index (χ2v) is 6.66. The van der Waals surface area contributed by atoms with Gasteiger partial charge in [0.25, 0.3) is 0 Å². The second kappa shape index (κ2) is 11.0. The van der Waals surface area contributed by atoms with Gasteiger partial charge < -0.3 is 16.0 Å². The number of amides is 1. The molecule has 1 saturated heterocycles. The third-order valence-electron chi connectivity index (χ3n) is 4.59. The normalized spacial score (nSPS) is 15.1. The van der Waals surface area contributed by atoms with Crippen molar-refractivity contribution in [3.05, 3.63) is 23.9 Å². The van der Waals surface area contributed by atoms with Crippen LogP contribution in [0.4, 0.5) is 5.82 Å². The minimum atomic E-state index is 0.124. The van der Waals surface area contributed by atoms with Crippen molar-refractivity contribution in [2.24, 2.45) is 5.73 Å². The van der Waals surface area contributed by atoms with E-state index in [1.165, 1.54) is 25.7 Å². The first-order chi connectivity index (χ1) is 11.8. The number of carbonyl (C=O) groups excluding carboxylic acids is 1. The maximum atomic E-state index is 11.8. The molecule has 1 aliphatic heterocycles. The van der Waals surface area contributed by atoms with Gasteiger partial charge in [0.2, 0.25) is 5.91 Å². The molecule has 0 radical (unpaired) electrons. The van der Waals surface area contributed by atoms with Crippen molar-refractivity contribution in [2.75, 3.05) is 24.5 Å². The Labute approximate surface area is 146 Å². The van der Waals surface area contributed by atoms with E-state index < -0.39 is 0 Å². The first-order valence-corrected chi connectivity index (χ1v) is 9.46. The zero-order valence-corrected chi connectivity index (χ0v) is 14.8. The average Bonchev–Trinajstić information content (AvgIpc) is 2.90. The molecule has 1 aromatic heterocycles. The number of carbonyl (C=O) groups is 1. The Hall–Kier alpha value is -1.62. The molecule has 3 N–H and O–H groups in total. The number of nitrogens with zero attached hydrogens (tertiary/aromatic N) is 2. The van der Waals surface area contributed by atoms with E-state index in [1.807, 2.05) is 6.20 Å². The van der Waals surface area contributed by atoms with Crippen LogP contribution in [0, 0.1) is 0 Å². The summed E-state index contributed by atoms with van der Waals surface area (Å²) in [4.78, 5) is 18.8. The highest BCUT2D eigenvalue weighted by Crippen LogP contribution is 2.17. The van der Waals surface area contributed by atoms with Crippen molar-refractivity contribution in [1.29, 1.82) is 0 Å². The first-order valence-electron chi connectivity index (χ1n) is 9.46. The smallest absolute Gasteiger partial charge is 0.220 e. The molecule has 1 amide bonds. The number of nitrogens with two attached hydrogens (primary N) is 1. The fraction of sp³-hybridized carbons (Fsp3) is 0.684. The van der Waals surface area contributed by atoms with Crippen LogP contribution in [-0.2, 0) is 11.3 Å². The molecule has 24 heavy (non-hydrogen) atoms. The summed E-state index contributed by atoms with van der Waals surface area (Å²) in [6.07, 6.45) is 11.8. The number of anilines is 1. The summed E-state index contributed by atoms with van der Waals surface area (Å²) in [5.74, 6) is 1.19. The van der Waals surface area contributed by atoms with Gasteiger partial charge in [-0.1, -0.05) is 31.7 Å². The van der Waals surface area contributed by atoms with Gasteiger partial charge in [-0.25, -0.2) is 4.98 Å². The molecule has 0 unspecified atom stereocenters. The fourth-order valence-electron chi connectivity index (χ4n) is 3.08. The van der Waals surface area contributed by atoms with Crippen LogP contribution in [0.2, 0.25) is 0 Å². The van der Waals surface area contributed by atoms with Crippen LogP contribution in [0.3, 0.4) is 0 Å². The number of aromatic nitrogens is 1. The predicted octanol–water partition coefficient (Wildman–Crippen LogP) is 2.99. The quantitative estimate of drug-likeness (QED) is 0.682. The summed E-state index contributed by atoms with van der Waals surface area (Å²) >= 11 is 0. The molecule has 1 aromatic rings. The number of hydrogen-bond acceptors (Lipinski definition) is 4. The van der Waals surface area contributed by atoms with Crippen molar-refractivity contribution in [1.82, 2.24) is 10.3 Å². The van der Waals surface area contributed by atoms with Gasteiger partial charge >= 0.3 is 0 Å². The Morgan fingerprint density at radius 2 is 1.83 bits per heavy atom. The topological polar surface area (TPSA) is 71.2 Å². The van der Waals surface area contributed by atoms with Gasteiger partial charge in [-0.15, -0.1) is 0 Å². The average molecular weight is 332 g/mol. The fourth-order valence-corrected chi connectivity index (χ4v) is 3.08. The Morgan fingerprint density at radius 1 is 1.08 bits per heavy atom. The van der Waals surface area contributed by atoms with Gasteiger partial charge in [0.15, 0.2) is 0 Å². The van der Waals surface area contributed by atoms with E-state index >= 15 is 0 Å². The van der Waals surface area contributed by atoms with E-state index in [0.717, 1.165) is 56.7 Å². The molecular weight excluding hydrogens is 300 g/mol. The van der Waals surface area contributed by atoms with E-state index in [2.05, 4.69) is 27.3 Å². The Balaban J connectivity index is 1.68. The second-order valence-electron chi connectivity index (χ2n) is 6.66. The highest BCUT2D eigenvalue weighted by molar-refractivity contribution is 5.75. The molecule has 2 rings (SSSR count). The Kier molecular flexibility index (Phi) is 8.60. The summed E-state index contributed by atoms with van der Waals surface area (Å²) in [6, 6.07) is 4.16. The minimum absolute atomic E-state index is 0.124. The molecule has 1 fully saturated rings. The van der Waals surface area contributed by atoms with Crippen LogP contribution in [0.25, 0.3) is 0 Å². The maximum absolute atomic E-state index is 11.8. The standard InChI is InChI=1S/C19H32N4O/c20-12-6-2-1-5-9-19(24)22-16-17-10-11-18(21-15-17)23-13-7-3-4-8-14-23/h10-11,15H,1-9,12-14,16,20H2,(H,22,24). The molecule has 5 nitrogen and oxygen atoms in total. The lowest BCUT2D eigenvalue weighted by Crippen LogP contribution is -2.25. The van der Waals surface area contributed by atoms with E-state index in [0.29, 0.717) is 13.0 Å². The Bertz CT molecular complexity index is 467. The van der Waals surface area contributed by atoms with E-state index in [4.69, 9.17) is 5.73 Å². The summed E-state index contributed by atoms with van der Waals surface area (Å²) in [5.41, 5.74) is 6.52. The van der Waals surface area contributed by atoms with Crippen LogP contribution in [0.1, 0.15) is 63.4 Å². The van der Waals surface area contributed by atoms with Crippen LogP contribution in [-0.4, -0.2) is 30.5 Å². The van der Waals surface area contributed by atoms with Crippen molar-refractivity contribution in [3.8, 4) is 0 Å². The van der Waals surface area contributed by atoms with Crippen molar-refractivity contribution in [3.63, 3.8) is 0 Å². The molecule has 0 bridgehead atoms. The van der Waals surface area contributed by atoms with E-state index in [9.17, 15) is 4.79 Å². The molecule has 0 aromatic carbocycles.